The molecule has 7 nitrogen and oxygen atoms in total. The Labute approximate surface area is 196 Å². The Kier molecular flexibility index (Phi) is 7.11. The highest BCUT2D eigenvalue weighted by Crippen LogP contribution is 2.30. The monoisotopic (exact) mass is 445 g/mol. The molecule has 2 aromatic carbocycles. The van der Waals surface area contributed by atoms with E-state index in [1.807, 2.05) is 18.2 Å². The molecule has 0 aromatic heterocycles. The number of rotatable bonds is 8. The molecule has 1 saturated heterocycles. The van der Waals surface area contributed by atoms with Crippen LogP contribution in [0, 0.1) is 11.3 Å². The molecule has 0 saturated carbocycles. The Morgan fingerprint density at radius 1 is 1.30 bits per heavy atom. The molecule has 2 atom stereocenters. The van der Waals surface area contributed by atoms with Crippen LogP contribution in [0.4, 0.5) is 11.4 Å². The van der Waals surface area contributed by atoms with E-state index >= 15 is 0 Å². The predicted octanol–water partition coefficient (Wildman–Crippen LogP) is 2.71. The van der Waals surface area contributed by atoms with Gasteiger partial charge in [-0.2, -0.15) is 0 Å². The molecule has 0 amide bonds. The van der Waals surface area contributed by atoms with Gasteiger partial charge in [0.1, 0.15) is 0 Å². The molecule has 174 valence electrons. The molecule has 2 aliphatic rings. The third-order valence-electron chi connectivity index (χ3n) is 6.65. The first-order valence-corrected chi connectivity index (χ1v) is 11.6. The number of allylic oxidation sites excluding steroid dienone is 1. The lowest BCUT2D eigenvalue weighted by atomic mass is 9.95. The summed E-state index contributed by atoms with van der Waals surface area (Å²) in [6.07, 6.45) is 5.29. The number of nitrogen functional groups attached to an aromatic ring is 1. The van der Waals surface area contributed by atoms with Crippen LogP contribution in [-0.4, -0.2) is 56.6 Å². The number of likely N-dealkylation sites (tertiary alicyclic amines) is 1. The first kappa shape index (κ1) is 23.0. The van der Waals surface area contributed by atoms with E-state index in [4.69, 9.17) is 16.9 Å². The lowest BCUT2D eigenvalue weighted by Gasteiger charge is -2.16. The molecule has 2 unspecified atom stereocenters. The zero-order chi connectivity index (χ0) is 23.4. The van der Waals surface area contributed by atoms with E-state index in [9.17, 15) is 0 Å². The molecule has 2 heterocycles. The van der Waals surface area contributed by atoms with Crippen LogP contribution in [-0.2, 0) is 13.0 Å². The van der Waals surface area contributed by atoms with Crippen molar-refractivity contribution >= 4 is 28.9 Å². The number of anilines is 2. The minimum absolute atomic E-state index is 0.111. The van der Waals surface area contributed by atoms with Gasteiger partial charge >= 0.3 is 0 Å². The normalized spacial score (nSPS) is 20.8. The van der Waals surface area contributed by atoms with Crippen LogP contribution in [0.3, 0.4) is 0 Å². The van der Waals surface area contributed by atoms with Crippen LogP contribution in [0.2, 0.25) is 0 Å². The minimum atomic E-state index is -0.111. The molecule has 0 radical (unpaired) electrons. The van der Waals surface area contributed by atoms with Gasteiger partial charge in [-0.1, -0.05) is 18.2 Å². The summed E-state index contributed by atoms with van der Waals surface area (Å²) < 4.78 is 0. The Morgan fingerprint density at radius 3 is 2.88 bits per heavy atom. The first-order chi connectivity index (χ1) is 16.0. The zero-order valence-electron chi connectivity index (χ0n) is 19.6. The molecule has 7 heteroatoms. The number of nitrogens with zero attached hydrogens (tertiary/aromatic N) is 2. The maximum atomic E-state index is 8.87. The summed E-state index contributed by atoms with van der Waals surface area (Å²) in [4.78, 5) is 6.46. The second kappa shape index (κ2) is 10.2. The fourth-order valence-corrected chi connectivity index (χ4v) is 4.82. The number of nitrogens with one attached hydrogen (secondary N) is 3. The molecule has 2 aromatic rings. The van der Waals surface area contributed by atoms with Crippen molar-refractivity contribution in [1.29, 1.82) is 5.41 Å². The Balaban J connectivity index is 1.41. The maximum absolute atomic E-state index is 8.87. The summed E-state index contributed by atoms with van der Waals surface area (Å²) in [6.45, 7) is 4.32. The Morgan fingerprint density at radius 2 is 2.15 bits per heavy atom. The molecule has 7 N–H and O–H groups in total. The SMILES string of the molecule is CN=CC(=CN)c1ccc(N)c(C(=N)C2Cc3cc(CNCC4CCN(C)C4)ccc3N2)c1. The standard InChI is InChI=1S/C26H35N7/c1-30-15-21(12-27)19-4-5-23(28)22(10-19)26(29)25-11-20-9-17(3-6-24(20)32-25)13-31-14-18-7-8-33(2)16-18/h3-6,9-10,12,15,18,25,29,31-32H,7-8,11,13-14,16,27-28H2,1-2H3. The van der Waals surface area contributed by atoms with Crippen molar-refractivity contribution in [2.75, 3.05) is 44.8 Å². The van der Waals surface area contributed by atoms with Crippen LogP contribution in [0.5, 0.6) is 0 Å². The highest BCUT2D eigenvalue weighted by molar-refractivity contribution is 6.12. The molecule has 0 spiro atoms. The van der Waals surface area contributed by atoms with Crippen LogP contribution >= 0.6 is 0 Å². The van der Waals surface area contributed by atoms with E-state index < -0.39 is 0 Å². The van der Waals surface area contributed by atoms with Gasteiger partial charge < -0.3 is 32.4 Å². The van der Waals surface area contributed by atoms with E-state index in [0.29, 0.717) is 11.4 Å². The number of hydrogen-bond donors (Lipinski definition) is 5. The third kappa shape index (κ3) is 5.26. The largest absolute Gasteiger partial charge is 0.404 e. The minimum Gasteiger partial charge on any atom is -0.404 e. The topological polar surface area (TPSA) is 116 Å². The lowest BCUT2D eigenvalue weighted by molar-refractivity contribution is 0.388. The summed E-state index contributed by atoms with van der Waals surface area (Å²) in [6, 6.07) is 12.1. The van der Waals surface area contributed by atoms with Gasteiger partial charge in [0.25, 0.3) is 0 Å². The second-order valence-corrected chi connectivity index (χ2v) is 9.17. The van der Waals surface area contributed by atoms with Gasteiger partial charge in [-0.05, 0) is 67.4 Å². The smallest absolute Gasteiger partial charge is 0.0726 e. The summed E-state index contributed by atoms with van der Waals surface area (Å²) in [5.74, 6) is 0.746. The molecule has 0 bridgehead atoms. The number of aliphatic imine (C=N–C) groups is 1. The summed E-state index contributed by atoms with van der Waals surface area (Å²) in [7, 11) is 3.90. The van der Waals surface area contributed by atoms with E-state index in [1.165, 1.54) is 36.8 Å². The number of benzene rings is 2. The summed E-state index contributed by atoms with van der Waals surface area (Å²) in [5.41, 5.74) is 19.2. The van der Waals surface area contributed by atoms with Gasteiger partial charge in [0.05, 0.1) is 11.8 Å². The molecule has 1 fully saturated rings. The Bertz CT molecular complexity index is 1070. The second-order valence-electron chi connectivity index (χ2n) is 9.17. The van der Waals surface area contributed by atoms with E-state index in [0.717, 1.165) is 47.8 Å². The van der Waals surface area contributed by atoms with Gasteiger partial charge in [-0.25, -0.2) is 0 Å². The fraction of sp³-hybridized carbons (Fsp3) is 0.385. The fourth-order valence-electron chi connectivity index (χ4n) is 4.82. The number of nitrogens with two attached hydrogens (primary N) is 2. The highest BCUT2D eigenvalue weighted by atomic mass is 15.1. The van der Waals surface area contributed by atoms with Gasteiger partial charge in [0.2, 0.25) is 0 Å². The average Bonchev–Trinajstić information content (AvgIpc) is 3.43. The van der Waals surface area contributed by atoms with Crippen molar-refractivity contribution in [3.05, 3.63) is 64.9 Å². The predicted molar refractivity (Wildman–Crippen MR) is 139 cm³/mol. The van der Waals surface area contributed by atoms with Crippen molar-refractivity contribution in [3.63, 3.8) is 0 Å². The highest BCUT2D eigenvalue weighted by Gasteiger charge is 2.26. The van der Waals surface area contributed by atoms with Crippen molar-refractivity contribution in [2.45, 2.75) is 25.4 Å². The average molecular weight is 446 g/mol. The summed E-state index contributed by atoms with van der Waals surface area (Å²) >= 11 is 0. The molecular formula is C26H35N7. The molecule has 2 aliphatic heterocycles. The summed E-state index contributed by atoms with van der Waals surface area (Å²) in [5, 5.41) is 16.0. The number of fused-ring (bicyclic) bond motifs is 1. The van der Waals surface area contributed by atoms with E-state index in [2.05, 4.69) is 45.8 Å². The molecular weight excluding hydrogens is 410 g/mol. The van der Waals surface area contributed by atoms with E-state index in [1.54, 1.807) is 13.3 Å². The van der Waals surface area contributed by atoms with Crippen molar-refractivity contribution in [2.24, 2.45) is 16.6 Å². The van der Waals surface area contributed by atoms with Gasteiger partial charge in [0, 0.05) is 61.5 Å². The van der Waals surface area contributed by atoms with Crippen LogP contribution < -0.4 is 22.1 Å². The molecule has 33 heavy (non-hydrogen) atoms. The zero-order valence-corrected chi connectivity index (χ0v) is 19.6. The van der Waals surface area contributed by atoms with Crippen molar-refractivity contribution < 1.29 is 0 Å². The van der Waals surface area contributed by atoms with Crippen molar-refractivity contribution in [1.82, 2.24) is 10.2 Å². The Hall–Kier alpha value is -3.16. The lowest BCUT2D eigenvalue weighted by Crippen LogP contribution is -2.28. The van der Waals surface area contributed by atoms with Gasteiger partial charge in [-0.15, -0.1) is 0 Å². The first-order valence-electron chi connectivity index (χ1n) is 11.6. The van der Waals surface area contributed by atoms with Crippen molar-refractivity contribution in [3.8, 4) is 0 Å². The van der Waals surface area contributed by atoms with Gasteiger partial charge in [-0.3, -0.25) is 4.99 Å². The molecule has 0 aliphatic carbocycles. The van der Waals surface area contributed by atoms with Gasteiger partial charge in [0.15, 0.2) is 0 Å². The van der Waals surface area contributed by atoms with Crippen LogP contribution in [0.15, 0.2) is 47.6 Å². The van der Waals surface area contributed by atoms with Crippen LogP contribution in [0.1, 0.15) is 28.7 Å². The maximum Gasteiger partial charge on any atom is 0.0726 e. The molecule has 4 rings (SSSR count). The van der Waals surface area contributed by atoms with Crippen LogP contribution in [0.25, 0.3) is 5.57 Å². The van der Waals surface area contributed by atoms with E-state index in [-0.39, 0.29) is 6.04 Å². The number of hydrogen-bond acceptors (Lipinski definition) is 7. The quantitative estimate of drug-likeness (QED) is 0.317. The third-order valence-corrected chi connectivity index (χ3v) is 6.65.